The van der Waals surface area contributed by atoms with Gasteiger partial charge in [-0.05, 0) is 42.0 Å². The molecule has 0 nitrogen and oxygen atoms in total. The third-order valence-corrected chi connectivity index (χ3v) is 7.99. The average Bonchev–Trinajstić information content (AvgIpc) is 2.84. The van der Waals surface area contributed by atoms with Gasteiger partial charge in [-0.3, -0.25) is 0 Å². The van der Waals surface area contributed by atoms with Crippen LogP contribution in [0.2, 0.25) is 0 Å². The minimum atomic E-state index is -3.22. The highest BCUT2D eigenvalue weighted by molar-refractivity contribution is 7.95. The fourth-order valence-corrected chi connectivity index (χ4v) is 6.66. The molecule has 0 amide bonds. The first-order valence-corrected chi connectivity index (χ1v) is 10.2. The maximum Gasteiger partial charge on any atom is 0.116 e. The lowest BCUT2D eigenvalue weighted by Crippen LogP contribution is -3.00. The van der Waals surface area contributed by atoms with E-state index in [4.69, 9.17) is 6.85 Å². The summed E-state index contributed by atoms with van der Waals surface area (Å²) < 4.78 is 60.6. The first kappa shape index (κ1) is 12.1. The van der Waals surface area contributed by atoms with Crippen LogP contribution in [0.1, 0.15) is 15.2 Å². The standard InChI is InChI=1S/C25H22P.ClH/c1-5-13-22(14-6-1)21-26(23-15-7-2-8-16-23,24-17-9-3-10-18-24)25-19-11-4-12-20-25;/h1-20H,21H2;1H/q+1;/p-1/i1D,5D,6D,13D,14D,21D2;. The molecule has 4 rings (SSSR count). The molecule has 0 aliphatic heterocycles. The van der Waals surface area contributed by atoms with Crippen LogP contribution < -0.4 is 28.3 Å². The molecule has 2 heteroatoms. The van der Waals surface area contributed by atoms with E-state index in [0.717, 1.165) is 15.9 Å². The van der Waals surface area contributed by atoms with Crippen molar-refractivity contribution in [1.29, 1.82) is 0 Å². The van der Waals surface area contributed by atoms with Gasteiger partial charge in [0.2, 0.25) is 0 Å². The molecule has 0 fully saturated rings. The fourth-order valence-electron chi connectivity index (χ4n) is 3.07. The van der Waals surface area contributed by atoms with Crippen molar-refractivity contribution in [1.82, 2.24) is 0 Å². The molecule has 0 N–H and O–H groups in total. The second kappa shape index (κ2) is 9.00. The topological polar surface area (TPSA) is 0 Å². The van der Waals surface area contributed by atoms with Gasteiger partial charge in [-0.1, -0.05) is 84.8 Å². The van der Waals surface area contributed by atoms with E-state index in [0.29, 0.717) is 0 Å². The van der Waals surface area contributed by atoms with E-state index in [-0.39, 0.29) is 18.0 Å². The van der Waals surface area contributed by atoms with Crippen molar-refractivity contribution in [3.8, 4) is 0 Å². The zero-order valence-electron chi connectivity index (χ0n) is 21.5. The van der Waals surface area contributed by atoms with Gasteiger partial charge in [-0.2, -0.15) is 0 Å². The summed E-state index contributed by atoms with van der Waals surface area (Å²) in [5.74, 6) is 0. The van der Waals surface area contributed by atoms with Crippen LogP contribution in [-0.4, -0.2) is 0 Å². The van der Waals surface area contributed by atoms with Gasteiger partial charge >= 0.3 is 0 Å². The van der Waals surface area contributed by atoms with E-state index >= 15 is 0 Å². The van der Waals surface area contributed by atoms with E-state index in [2.05, 4.69) is 0 Å². The van der Waals surface area contributed by atoms with Gasteiger partial charge in [-0.25, -0.2) is 0 Å². The monoisotopic (exact) mass is 395 g/mol. The van der Waals surface area contributed by atoms with Crippen LogP contribution in [0.15, 0.2) is 121 Å². The maximum absolute atomic E-state index is 9.58. The molecular weight excluding hydrogens is 367 g/mol. The lowest BCUT2D eigenvalue weighted by molar-refractivity contribution is -0.00000503. The van der Waals surface area contributed by atoms with Crippen LogP contribution in [0.5, 0.6) is 0 Å². The molecule has 0 aliphatic rings. The molecule has 0 atom stereocenters. The summed E-state index contributed by atoms with van der Waals surface area (Å²) in [4.78, 5) is 0. The molecule has 0 unspecified atom stereocenters. The van der Waals surface area contributed by atoms with Crippen LogP contribution >= 0.6 is 7.26 Å². The number of benzene rings is 4. The van der Waals surface area contributed by atoms with Gasteiger partial charge in [0.15, 0.2) is 0 Å². The summed E-state index contributed by atoms with van der Waals surface area (Å²) in [5.41, 5.74) is -0.321. The Morgan fingerprint density at radius 2 is 0.963 bits per heavy atom. The normalized spacial score (nSPS) is 15.0. The van der Waals surface area contributed by atoms with E-state index < -0.39 is 43.6 Å². The Hall–Kier alpha value is -2.40. The molecule has 4 aromatic carbocycles. The maximum atomic E-state index is 9.58. The summed E-state index contributed by atoms with van der Waals surface area (Å²) in [6, 6.07) is 25.1. The fraction of sp³-hybridized carbons (Fsp3) is 0.0400. The lowest BCUT2D eigenvalue weighted by Gasteiger charge is -2.27. The molecule has 0 saturated heterocycles. The Bertz CT molecular complexity index is 1160. The molecular formula is C25H22ClP. The third-order valence-electron chi connectivity index (χ3n) is 4.21. The highest BCUT2D eigenvalue weighted by atomic mass is 35.5. The average molecular weight is 396 g/mol. The highest BCUT2D eigenvalue weighted by Gasteiger charge is 2.45. The molecule has 0 radical (unpaired) electrons. The van der Waals surface area contributed by atoms with Crippen molar-refractivity contribution in [3.63, 3.8) is 0 Å². The summed E-state index contributed by atoms with van der Waals surface area (Å²) >= 11 is 0. The zero-order chi connectivity index (χ0) is 23.8. The summed E-state index contributed by atoms with van der Waals surface area (Å²) in [7, 11) is -3.22. The minimum absolute atomic E-state index is 0. The molecule has 0 saturated carbocycles. The van der Waals surface area contributed by atoms with E-state index in [1.807, 2.05) is 91.0 Å². The van der Waals surface area contributed by atoms with Gasteiger partial charge in [0, 0.05) is 0 Å². The molecule has 0 heterocycles. The Kier molecular flexibility index (Phi) is 4.04. The third kappa shape index (κ3) is 3.98. The van der Waals surface area contributed by atoms with Crippen LogP contribution in [0.25, 0.3) is 0 Å². The molecule has 0 bridgehead atoms. The summed E-state index contributed by atoms with van der Waals surface area (Å²) in [6.45, 7) is 0. The van der Waals surface area contributed by atoms with Crippen molar-refractivity contribution in [2.75, 3.05) is 0 Å². The Balaban J connectivity index is 0.00000324. The largest absolute Gasteiger partial charge is 1.00 e. The SMILES string of the molecule is [2H]c1c([2H])c([2H])c(C([2H])([2H])[P+](c2ccccc2)(c2ccccc2)c2ccccc2)c([2H])c1[2H].[Cl-]. The van der Waals surface area contributed by atoms with E-state index in [9.17, 15) is 2.74 Å². The van der Waals surface area contributed by atoms with E-state index in [1.165, 1.54) is 0 Å². The number of hydrogen-bond acceptors (Lipinski definition) is 0. The Morgan fingerprint density at radius 1 is 0.593 bits per heavy atom. The zero-order valence-corrected chi connectivity index (χ0v) is 16.1. The smallest absolute Gasteiger partial charge is 0.116 e. The van der Waals surface area contributed by atoms with E-state index in [1.54, 1.807) is 0 Å². The Labute approximate surface area is 178 Å². The van der Waals surface area contributed by atoms with Crippen molar-refractivity contribution in [3.05, 3.63) is 127 Å². The molecule has 134 valence electrons. The van der Waals surface area contributed by atoms with Crippen molar-refractivity contribution < 1.29 is 22.0 Å². The molecule has 0 spiro atoms. The number of rotatable bonds is 5. The summed E-state index contributed by atoms with van der Waals surface area (Å²) in [6.07, 6.45) is -2.31. The van der Waals surface area contributed by atoms with Gasteiger partial charge in [0.1, 0.15) is 23.2 Å². The second-order valence-corrected chi connectivity index (χ2v) is 8.90. The van der Waals surface area contributed by atoms with Crippen molar-refractivity contribution >= 4 is 23.2 Å². The first-order chi connectivity index (χ1) is 15.7. The van der Waals surface area contributed by atoms with Gasteiger partial charge in [-0.15, -0.1) is 0 Å². The molecule has 4 aromatic rings. The molecule has 0 aliphatic carbocycles. The Morgan fingerprint density at radius 3 is 1.33 bits per heavy atom. The van der Waals surface area contributed by atoms with Crippen LogP contribution in [0.3, 0.4) is 0 Å². The van der Waals surface area contributed by atoms with Crippen LogP contribution in [-0.2, 0) is 6.11 Å². The highest BCUT2D eigenvalue weighted by Crippen LogP contribution is 2.58. The van der Waals surface area contributed by atoms with Gasteiger partial charge in [0.25, 0.3) is 0 Å². The lowest BCUT2D eigenvalue weighted by atomic mass is 10.2. The van der Waals surface area contributed by atoms with Gasteiger partial charge in [0.05, 0.1) is 15.7 Å². The number of halogens is 1. The molecule has 0 aromatic heterocycles. The van der Waals surface area contributed by atoms with Crippen LogP contribution in [0, 0.1) is 0 Å². The minimum Gasteiger partial charge on any atom is -1.00 e. The predicted octanol–water partition coefficient (Wildman–Crippen LogP) is 2.18. The van der Waals surface area contributed by atoms with Gasteiger partial charge < -0.3 is 12.4 Å². The van der Waals surface area contributed by atoms with Crippen LogP contribution in [0.4, 0.5) is 0 Å². The summed E-state index contributed by atoms with van der Waals surface area (Å²) in [5, 5.41) is 2.16. The number of hydrogen-bond donors (Lipinski definition) is 0. The molecule has 27 heavy (non-hydrogen) atoms. The first-order valence-electron chi connectivity index (χ1n) is 11.9. The van der Waals surface area contributed by atoms with Crippen molar-refractivity contribution in [2.45, 2.75) is 6.11 Å². The second-order valence-electron chi connectivity index (χ2n) is 5.79. The van der Waals surface area contributed by atoms with Crippen molar-refractivity contribution in [2.24, 2.45) is 0 Å². The quantitative estimate of drug-likeness (QED) is 0.454. The predicted molar refractivity (Wildman–Crippen MR) is 115 cm³/mol.